The number of aromatic nitrogens is 3. The van der Waals surface area contributed by atoms with Gasteiger partial charge in [0.2, 0.25) is 5.91 Å². The molecule has 0 radical (unpaired) electrons. The second kappa shape index (κ2) is 6.93. The summed E-state index contributed by atoms with van der Waals surface area (Å²) in [5, 5.41) is 19.0. The van der Waals surface area contributed by atoms with Crippen LogP contribution in [0.2, 0.25) is 0 Å². The maximum absolute atomic E-state index is 11.7. The number of aliphatic hydroxyl groups excluding tert-OH is 1. The molecular weight excluding hydrogens is 318 g/mol. The summed E-state index contributed by atoms with van der Waals surface area (Å²) in [7, 11) is 0. The minimum Gasteiger partial charge on any atom is -0.390 e. The number of aliphatic hydroxyl groups is 1. The molecule has 0 saturated carbocycles. The molecule has 1 unspecified atom stereocenters. The Morgan fingerprint density at radius 2 is 1.92 bits per heavy atom. The molecule has 1 atom stereocenters. The van der Waals surface area contributed by atoms with Gasteiger partial charge in [0.05, 0.1) is 12.6 Å². The van der Waals surface area contributed by atoms with Gasteiger partial charge in [0.15, 0.2) is 5.82 Å². The fraction of sp³-hybridized carbons (Fsp3) is 0.500. The van der Waals surface area contributed by atoms with E-state index >= 15 is 0 Å². The lowest BCUT2D eigenvalue weighted by molar-refractivity contribution is -0.129. The number of hydrogen-bond acceptors (Lipinski definition) is 5. The lowest BCUT2D eigenvalue weighted by atomic mass is 10.2. The third-order valence-electron chi connectivity index (χ3n) is 4.94. The first-order valence-electron chi connectivity index (χ1n) is 8.86. The molecule has 2 aliphatic heterocycles. The zero-order valence-electron chi connectivity index (χ0n) is 14.2. The predicted molar refractivity (Wildman–Crippen MR) is 92.6 cm³/mol. The average molecular weight is 341 g/mol. The second-order valence-electron chi connectivity index (χ2n) is 6.79. The molecule has 1 fully saturated rings. The van der Waals surface area contributed by atoms with Gasteiger partial charge in [0, 0.05) is 44.7 Å². The van der Waals surface area contributed by atoms with Gasteiger partial charge in [0.1, 0.15) is 5.82 Å². The van der Waals surface area contributed by atoms with Crippen LogP contribution in [-0.2, 0) is 17.9 Å². The van der Waals surface area contributed by atoms with Gasteiger partial charge in [-0.3, -0.25) is 9.69 Å². The zero-order valence-corrected chi connectivity index (χ0v) is 14.2. The summed E-state index contributed by atoms with van der Waals surface area (Å²) in [5.74, 6) is 1.98. The first-order valence-corrected chi connectivity index (χ1v) is 8.86. The van der Waals surface area contributed by atoms with Crippen LogP contribution in [0.4, 0.5) is 0 Å². The Balaban J connectivity index is 1.38. The smallest absolute Gasteiger partial charge is 0.222 e. The van der Waals surface area contributed by atoms with Gasteiger partial charge in [-0.15, -0.1) is 10.2 Å². The fourth-order valence-corrected chi connectivity index (χ4v) is 3.67. The average Bonchev–Trinajstić information content (AvgIpc) is 3.22. The zero-order chi connectivity index (χ0) is 17.2. The van der Waals surface area contributed by atoms with E-state index in [4.69, 9.17) is 0 Å². The van der Waals surface area contributed by atoms with Crippen molar-refractivity contribution in [3.05, 3.63) is 36.2 Å². The second-order valence-corrected chi connectivity index (χ2v) is 6.79. The first-order chi connectivity index (χ1) is 12.2. The van der Waals surface area contributed by atoms with Gasteiger partial charge in [-0.05, 0) is 6.42 Å². The molecule has 25 heavy (non-hydrogen) atoms. The molecule has 2 aromatic rings. The van der Waals surface area contributed by atoms with Crippen LogP contribution in [0.3, 0.4) is 0 Å². The summed E-state index contributed by atoms with van der Waals surface area (Å²) in [6.45, 7) is 4.07. The maximum Gasteiger partial charge on any atom is 0.222 e. The molecule has 0 aliphatic carbocycles. The van der Waals surface area contributed by atoms with E-state index in [0.29, 0.717) is 26.1 Å². The van der Waals surface area contributed by atoms with E-state index in [1.807, 2.05) is 30.3 Å². The molecule has 1 amide bonds. The molecular formula is C18H23N5O2. The highest BCUT2D eigenvalue weighted by atomic mass is 16.3. The van der Waals surface area contributed by atoms with Crippen molar-refractivity contribution < 1.29 is 9.90 Å². The molecule has 7 nitrogen and oxygen atoms in total. The van der Waals surface area contributed by atoms with Crippen molar-refractivity contribution in [2.75, 3.05) is 26.2 Å². The van der Waals surface area contributed by atoms with Gasteiger partial charge >= 0.3 is 0 Å². The highest BCUT2D eigenvalue weighted by Crippen LogP contribution is 2.21. The Morgan fingerprint density at radius 1 is 1.08 bits per heavy atom. The van der Waals surface area contributed by atoms with Gasteiger partial charge in [0.25, 0.3) is 0 Å². The minimum atomic E-state index is -0.523. The Bertz CT molecular complexity index is 745. The molecule has 3 heterocycles. The summed E-state index contributed by atoms with van der Waals surface area (Å²) >= 11 is 0. The van der Waals surface area contributed by atoms with Gasteiger partial charge in [-0.2, -0.15) is 0 Å². The van der Waals surface area contributed by atoms with Crippen molar-refractivity contribution >= 4 is 5.91 Å². The summed E-state index contributed by atoms with van der Waals surface area (Å²) in [4.78, 5) is 15.6. The molecule has 7 heteroatoms. The third kappa shape index (κ3) is 3.43. The Kier molecular flexibility index (Phi) is 4.50. The van der Waals surface area contributed by atoms with Gasteiger partial charge < -0.3 is 14.6 Å². The van der Waals surface area contributed by atoms with Crippen LogP contribution in [0.1, 0.15) is 18.7 Å². The molecule has 1 aromatic carbocycles. The van der Waals surface area contributed by atoms with Crippen molar-refractivity contribution in [3.63, 3.8) is 0 Å². The van der Waals surface area contributed by atoms with Crippen LogP contribution in [0.15, 0.2) is 30.3 Å². The van der Waals surface area contributed by atoms with E-state index in [9.17, 15) is 9.90 Å². The molecule has 1 saturated heterocycles. The third-order valence-corrected chi connectivity index (χ3v) is 4.94. The number of amides is 1. The van der Waals surface area contributed by atoms with Crippen LogP contribution in [-0.4, -0.2) is 67.9 Å². The van der Waals surface area contributed by atoms with Crippen LogP contribution in [0.25, 0.3) is 11.4 Å². The van der Waals surface area contributed by atoms with Crippen molar-refractivity contribution in [1.82, 2.24) is 24.6 Å². The number of carbonyl (C=O) groups is 1. The van der Waals surface area contributed by atoms with Crippen molar-refractivity contribution in [2.24, 2.45) is 0 Å². The molecule has 0 spiro atoms. The number of nitrogens with zero attached hydrogens (tertiary/aromatic N) is 5. The molecule has 0 bridgehead atoms. The summed E-state index contributed by atoms with van der Waals surface area (Å²) in [5.41, 5.74) is 1.07. The standard InChI is InChI=1S/C18H23N5O2/c24-15(12-22-8-4-7-17(22)25)11-21-9-10-23-16(13-21)19-20-18(23)14-5-2-1-3-6-14/h1-3,5-6,15,24H,4,7-13H2. The molecule has 1 N–H and O–H groups in total. The van der Waals surface area contributed by atoms with E-state index in [-0.39, 0.29) is 5.91 Å². The first kappa shape index (κ1) is 16.2. The van der Waals surface area contributed by atoms with Crippen molar-refractivity contribution in [2.45, 2.75) is 32.0 Å². The van der Waals surface area contributed by atoms with Crippen LogP contribution < -0.4 is 0 Å². The Labute approximate surface area is 146 Å². The number of fused-ring (bicyclic) bond motifs is 1. The van der Waals surface area contributed by atoms with E-state index in [1.54, 1.807) is 4.90 Å². The van der Waals surface area contributed by atoms with E-state index in [0.717, 1.165) is 43.3 Å². The molecule has 1 aromatic heterocycles. The lowest BCUT2D eigenvalue weighted by Crippen LogP contribution is -2.43. The number of benzene rings is 1. The van der Waals surface area contributed by atoms with Crippen LogP contribution in [0.5, 0.6) is 0 Å². The number of β-amino-alcohol motifs (C(OH)–C–C–N with tert-alkyl or cyclic N) is 1. The van der Waals surface area contributed by atoms with E-state index < -0.39 is 6.10 Å². The Hall–Kier alpha value is -2.25. The maximum atomic E-state index is 11.7. The molecule has 132 valence electrons. The highest BCUT2D eigenvalue weighted by molar-refractivity contribution is 5.78. The number of hydrogen-bond donors (Lipinski definition) is 1. The lowest BCUT2D eigenvalue weighted by Gasteiger charge is -2.30. The van der Waals surface area contributed by atoms with E-state index in [2.05, 4.69) is 19.7 Å². The summed E-state index contributed by atoms with van der Waals surface area (Å²) in [6, 6.07) is 10.1. The molecule has 4 rings (SSSR count). The summed E-state index contributed by atoms with van der Waals surface area (Å²) < 4.78 is 2.15. The van der Waals surface area contributed by atoms with Crippen molar-refractivity contribution in [3.8, 4) is 11.4 Å². The predicted octanol–water partition coefficient (Wildman–Crippen LogP) is 0.744. The topological polar surface area (TPSA) is 74.5 Å². The van der Waals surface area contributed by atoms with Crippen molar-refractivity contribution in [1.29, 1.82) is 0 Å². The quantitative estimate of drug-likeness (QED) is 0.868. The van der Waals surface area contributed by atoms with Gasteiger partial charge in [-0.1, -0.05) is 30.3 Å². The normalized spacial score (nSPS) is 19.2. The number of rotatable bonds is 5. The highest BCUT2D eigenvalue weighted by Gasteiger charge is 2.26. The largest absolute Gasteiger partial charge is 0.390 e. The van der Waals surface area contributed by atoms with Crippen LogP contribution in [0, 0.1) is 0 Å². The molecule has 2 aliphatic rings. The fourth-order valence-electron chi connectivity index (χ4n) is 3.67. The summed E-state index contributed by atoms with van der Waals surface area (Å²) in [6.07, 6.45) is 0.993. The van der Waals surface area contributed by atoms with Gasteiger partial charge in [-0.25, -0.2) is 0 Å². The monoisotopic (exact) mass is 341 g/mol. The van der Waals surface area contributed by atoms with E-state index in [1.165, 1.54) is 0 Å². The SMILES string of the molecule is O=C1CCCN1CC(O)CN1CCn2c(nnc2-c2ccccc2)C1. The number of likely N-dealkylation sites (tertiary alicyclic amines) is 1. The Morgan fingerprint density at radius 3 is 2.68 bits per heavy atom. The van der Waals surface area contributed by atoms with Crippen LogP contribution >= 0.6 is 0 Å². The minimum absolute atomic E-state index is 0.157. The number of carbonyl (C=O) groups excluding carboxylic acids is 1.